The highest BCUT2D eigenvalue weighted by molar-refractivity contribution is 7.89. The molecule has 1 amide bonds. The van der Waals surface area contributed by atoms with Crippen LogP contribution in [0.25, 0.3) is 0 Å². The van der Waals surface area contributed by atoms with Crippen LogP contribution in [0.15, 0.2) is 41.3 Å². The van der Waals surface area contributed by atoms with Crippen molar-refractivity contribution in [3.63, 3.8) is 0 Å². The van der Waals surface area contributed by atoms with Crippen molar-refractivity contribution in [3.8, 4) is 5.75 Å². The summed E-state index contributed by atoms with van der Waals surface area (Å²) < 4.78 is 34.9. The summed E-state index contributed by atoms with van der Waals surface area (Å²) in [5, 5.41) is 1.06. The van der Waals surface area contributed by atoms with Crippen LogP contribution >= 0.6 is 34.8 Å². The fraction of sp³-hybridized carbons (Fsp3) is 0.500. The number of rotatable bonds is 7. The van der Waals surface area contributed by atoms with Crippen LogP contribution < -0.4 is 4.74 Å². The molecule has 0 aromatic heterocycles. The van der Waals surface area contributed by atoms with Gasteiger partial charge in [0.05, 0.1) is 11.6 Å². The van der Waals surface area contributed by atoms with Gasteiger partial charge in [-0.1, -0.05) is 34.8 Å². The molecule has 2 aromatic rings. The molecule has 2 saturated heterocycles. The lowest BCUT2D eigenvalue weighted by molar-refractivity contribution is -0.136. The first-order valence-corrected chi connectivity index (χ1v) is 14.8. The second-order valence-electron chi connectivity index (χ2n) is 9.83. The lowest BCUT2D eigenvalue weighted by Gasteiger charge is -2.42. The summed E-state index contributed by atoms with van der Waals surface area (Å²) >= 11 is 18.5. The summed E-state index contributed by atoms with van der Waals surface area (Å²) in [5.41, 5.74) is 0.203. The van der Waals surface area contributed by atoms with E-state index in [4.69, 9.17) is 39.5 Å². The minimum Gasteiger partial charge on any atom is -0.493 e. The lowest BCUT2D eigenvalue weighted by Crippen LogP contribution is -2.51. The highest BCUT2D eigenvalue weighted by Gasteiger charge is 2.43. The number of amides is 1. The normalized spacial score (nSPS) is 21.4. The number of likely N-dealkylation sites (tertiary alicyclic amines) is 1. The van der Waals surface area contributed by atoms with E-state index in [1.807, 2.05) is 17.9 Å². The van der Waals surface area contributed by atoms with E-state index in [2.05, 4.69) is 0 Å². The summed E-state index contributed by atoms with van der Waals surface area (Å²) in [4.78, 5) is 15.2. The maximum atomic E-state index is 13.6. The van der Waals surface area contributed by atoms with Gasteiger partial charge in [0.1, 0.15) is 10.6 Å². The van der Waals surface area contributed by atoms with Crippen molar-refractivity contribution in [2.24, 2.45) is 5.41 Å². The van der Waals surface area contributed by atoms with Crippen molar-refractivity contribution < 1.29 is 17.9 Å². The number of benzene rings is 2. The van der Waals surface area contributed by atoms with Crippen LogP contribution in [0, 0.1) is 12.3 Å². The fourth-order valence-corrected chi connectivity index (χ4v) is 7.46. The average Bonchev–Trinajstić information content (AvgIpc) is 2.87. The lowest BCUT2D eigenvalue weighted by atomic mass is 9.78. The van der Waals surface area contributed by atoms with Crippen molar-refractivity contribution in [3.05, 3.63) is 57.0 Å². The molecule has 1 atom stereocenters. The van der Waals surface area contributed by atoms with E-state index in [9.17, 15) is 13.2 Å². The Kier molecular flexibility index (Phi) is 8.78. The first-order valence-electron chi connectivity index (χ1n) is 12.2. The molecule has 0 aliphatic carbocycles. The molecule has 4 rings (SSSR count). The van der Waals surface area contributed by atoms with Crippen LogP contribution in [0.1, 0.15) is 44.1 Å². The third-order valence-electron chi connectivity index (χ3n) is 7.05. The highest BCUT2D eigenvalue weighted by Crippen LogP contribution is 2.39. The van der Waals surface area contributed by atoms with Crippen LogP contribution in [-0.2, 0) is 14.8 Å². The first-order chi connectivity index (χ1) is 17.1. The van der Waals surface area contributed by atoms with E-state index in [1.54, 1.807) is 18.2 Å². The molecule has 2 aromatic carbocycles. The van der Waals surface area contributed by atoms with E-state index in [0.29, 0.717) is 35.2 Å². The maximum Gasteiger partial charge on any atom is 0.244 e. The highest BCUT2D eigenvalue weighted by atomic mass is 35.5. The predicted molar refractivity (Wildman–Crippen MR) is 144 cm³/mol. The molecule has 0 bridgehead atoms. The van der Waals surface area contributed by atoms with E-state index in [0.717, 1.165) is 37.9 Å². The molecular formula is C26H31Cl3N2O4S. The number of piperidine rings is 2. The third-order valence-corrected chi connectivity index (χ3v) is 10.0. The SMILES string of the molecule is Cc1cc(OCC2(CC(=O)N3CCCCC3)CCCN(S(=O)(=O)c3cc(Cl)ccc3Cl)C2)ccc1Cl. The molecule has 2 aliphatic rings. The summed E-state index contributed by atoms with van der Waals surface area (Å²) in [6, 6.07) is 9.84. The number of aryl methyl sites for hydroxylation is 1. The minimum atomic E-state index is -3.92. The Hall–Kier alpha value is -1.51. The zero-order valence-electron chi connectivity index (χ0n) is 20.3. The molecular weight excluding hydrogens is 543 g/mol. The molecule has 0 radical (unpaired) electrons. The number of sulfonamides is 1. The van der Waals surface area contributed by atoms with Gasteiger partial charge in [-0.05, 0) is 81.0 Å². The van der Waals surface area contributed by atoms with E-state index < -0.39 is 15.4 Å². The van der Waals surface area contributed by atoms with Crippen molar-refractivity contribution >= 4 is 50.7 Å². The molecule has 0 saturated carbocycles. The Bertz CT molecular complexity index is 1220. The second kappa shape index (κ2) is 11.5. The fourth-order valence-electron chi connectivity index (χ4n) is 5.01. The van der Waals surface area contributed by atoms with Gasteiger partial charge in [0.15, 0.2) is 0 Å². The van der Waals surface area contributed by atoms with E-state index in [-0.39, 0.29) is 35.4 Å². The molecule has 6 nitrogen and oxygen atoms in total. The van der Waals surface area contributed by atoms with E-state index in [1.165, 1.54) is 16.4 Å². The monoisotopic (exact) mass is 572 g/mol. The molecule has 2 fully saturated rings. The van der Waals surface area contributed by atoms with Crippen LogP contribution in [-0.4, -0.2) is 56.3 Å². The number of nitrogens with zero attached hydrogens (tertiary/aromatic N) is 2. The summed E-state index contributed by atoms with van der Waals surface area (Å²) in [5.74, 6) is 0.685. The molecule has 2 heterocycles. The van der Waals surface area contributed by atoms with Gasteiger partial charge in [-0.25, -0.2) is 8.42 Å². The summed E-state index contributed by atoms with van der Waals surface area (Å²) in [7, 11) is -3.92. The number of halogens is 3. The number of hydrogen-bond donors (Lipinski definition) is 0. The zero-order chi connectivity index (χ0) is 25.9. The Labute approximate surface area is 228 Å². The Morgan fingerprint density at radius 1 is 0.972 bits per heavy atom. The zero-order valence-corrected chi connectivity index (χ0v) is 23.4. The molecule has 1 unspecified atom stereocenters. The number of carbonyl (C=O) groups excluding carboxylic acids is 1. The molecule has 196 valence electrons. The molecule has 10 heteroatoms. The first kappa shape index (κ1) is 27.5. The van der Waals surface area contributed by atoms with Crippen molar-refractivity contribution in [1.82, 2.24) is 9.21 Å². The van der Waals surface area contributed by atoms with Crippen molar-refractivity contribution in [2.75, 3.05) is 32.8 Å². The van der Waals surface area contributed by atoms with Crippen LogP contribution in [0.2, 0.25) is 15.1 Å². The molecule has 36 heavy (non-hydrogen) atoms. The molecule has 0 spiro atoms. The Balaban J connectivity index is 1.61. The van der Waals surface area contributed by atoms with Crippen LogP contribution in [0.3, 0.4) is 0 Å². The molecule has 2 aliphatic heterocycles. The average molecular weight is 574 g/mol. The van der Waals surface area contributed by atoms with Crippen LogP contribution in [0.5, 0.6) is 5.75 Å². The summed E-state index contributed by atoms with van der Waals surface area (Å²) in [6.07, 6.45) is 4.61. The van der Waals surface area contributed by atoms with Crippen molar-refractivity contribution in [2.45, 2.75) is 50.3 Å². The standard InChI is InChI=1S/C26H31Cl3N2O4S/c1-19-14-21(7-9-22(19)28)35-18-26(16-25(32)30-11-3-2-4-12-30)10-5-13-31(17-26)36(33,34)24-15-20(27)6-8-23(24)29/h6-9,14-15H,2-5,10-13,16-18H2,1H3. The van der Waals surface area contributed by atoms with Gasteiger partial charge in [-0.3, -0.25) is 4.79 Å². The quantitative estimate of drug-likeness (QED) is 0.395. The second-order valence-corrected chi connectivity index (χ2v) is 13.0. The van der Waals surface area contributed by atoms with Gasteiger partial charge in [0.25, 0.3) is 0 Å². The largest absolute Gasteiger partial charge is 0.493 e. The molecule has 0 N–H and O–H groups in total. The number of hydrogen-bond acceptors (Lipinski definition) is 4. The van der Waals surface area contributed by atoms with Crippen LogP contribution in [0.4, 0.5) is 0 Å². The van der Waals surface area contributed by atoms with E-state index >= 15 is 0 Å². The summed E-state index contributed by atoms with van der Waals surface area (Å²) in [6.45, 7) is 4.09. The number of ether oxygens (including phenoxy) is 1. The number of carbonyl (C=O) groups is 1. The van der Waals surface area contributed by atoms with Gasteiger partial charge in [-0.2, -0.15) is 4.31 Å². The topological polar surface area (TPSA) is 66.9 Å². The van der Waals surface area contributed by atoms with Gasteiger partial charge in [-0.15, -0.1) is 0 Å². The Morgan fingerprint density at radius 3 is 2.42 bits per heavy atom. The van der Waals surface area contributed by atoms with Crippen molar-refractivity contribution in [1.29, 1.82) is 0 Å². The maximum absolute atomic E-state index is 13.6. The third kappa shape index (κ3) is 6.30. The van der Waals surface area contributed by atoms with Gasteiger partial charge in [0.2, 0.25) is 15.9 Å². The minimum absolute atomic E-state index is 0.0240. The van der Waals surface area contributed by atoms with Gasteiger partial charge < -0.3 is 9.64 Å². The Morgan fingerprint density at radius 2 is 1.69 bits per heavy atom. The van der Waals surface area contributed by atoms with Gasteiger partial charge >= 0.3 is 0 Å². The smallest absolute Gasteiger partial charge is 0.244 e. The predicted octanol–water partition coefficient (Wildman–Crippen LogP) is 6.21. The van der Waals surface area contributed by atoms with Gasteiger partial charge in [0, 0.05) is 48.1 Å².